The lowest BCUT2D eigenvalue weighted by Gasteiger charge is -2.33. The average Bonchev–Trinajstić information content (AvgIpc) is 3.56. The molecule has 1 atom stereocenters. The van der Waals surface area contributed by atoms with Crippen LogP contribution in [0.15, 0.2) is 144 Å². The molecule has 0 aliphatic heterocycles. The molecule has 0 saturated heterocycles. The number of hydrogen-bond donors (Lipinski definition) is 0. The number of hydrogen-bond acceptors (Lipinski definition) is 2. The van der Waals surface area contributed by atoms with E-state index < -0.39 is 5.41 Å². The minimum absolute atomic E-state index is 0.432. The molecule has 7 aromatic rings. The van der Waals surface area contributed by atoms with Crippen LogP contribution in [-0.2, 0) is 5.41 Å². The first-order valence-corrected chi connectivity index (χ1v) is 14.0. The maximum atomic E-state index is 6.14. The van der Waals surface area contributed by atoms with Crippen LogP contribution in [0.4, 0.5) is 0 Å². The van der Waals surface area contributed by atoms with Crippen molar-refractivity contribution in [3.63, 3.8) is 0 Å². The van der Waals surface area contributed by atoms with E-state index in [-0.39, 0.29) is 0 Å². The van der Waals surface area contributed by atoms with Crippen molar-refractivity contribution in [3.05, 3.63) is 162 Å². The Hall–Kier alpha value is -4.95. The van der Waals surface area contributed by atoms with Gasteiger partial charge < -0.3 is 4.42 Å². The number of aromatic nitrogens is 1. The third-order valence-electron chi connectivity index (χ3n) is 8.08. The number of furan rings is 1. The zero-order chi connectivity index (χ0) is 27.1. The molecule has 1 aliphatic carbocycles. The van der Waals surface area contributed by atoms with Crippen LogP contribution in [0, 0.1) is 0 Å². The molecule has 0 spiro atoms. The third-order valence-corrected chi connectivity index (χ3v) is 8.08. The molecule has 5 aromatic carbocycles. The van der Waals surface area contributed by atoms with Gasteiger partial charge in [-0.1, -0.05) is 111 Å². The molecule has 2 nitrogen and oxygen atoms in total. The summed E-state index contributed by atoms with van der Waals surface area (Å²) in [6, 6.07) is 45.7. The van der Waals surface area contributed by atoms with Crippen LogP contribution in [0.3, 0.4) is 0 Å². The quantitative estimate of drug-likeness (QED) is 0.234. The average molecular weight is 516 g/mol. The summed E-state index contributed by atoms with van der Waals surface area (Å²) in [5.41, 5.74) is 11.5. The summed E-state index contributed by atoms with van der Waals surface area (Å²) < 4.78 is 6.14. The normalized spacial score (nSPS) is 15.3. The molecule has 8 rings (SSSR count). The van der Waals surface area contributed by atoms with E-state index in [0.29, 0.717) is 0 Å². The molecule has 0 N–H and O–H groups in total. The van der Waals surface area contributed by atoms with Crippen molar-refractivity contribution in [3.8, 4) is 22.3 Å². The Labute approximate surface area is 234 Å². The van der Waals surface area contributed by atoms with Gasteiger partial charge in [0.1, 0.15) is 11.2 Å². The molecule has 40 heavy (non-hydrogen) atoms. The second-order valence-corrected chi connectivity index (χ2v) is 9.93. The predicted octanol–water partition coefficient (Wildman–Crippen LogP) is 10.0. The van der Waals surface area contributed by atoms with Crippen LogP contribution < -0.4 is 0 Å². The van der Waals surface area contributed by atoms with Gasteiger partial charge in [-0.25, -0.2) is 0 Å². The highest BCUT2D eigenvalue weighted by Gasteiger charge is 2.46. The van der Waals surface area contributed by atoms with Gasteiger partial charge in [0.05, 0.1) is 5.41 Å². The van der Waals surface area contributed by atoms with Crippen molar-refractivity contribution in [2.24, 2.45) is 0 Å². The number of nitrogens with zero attached hydrogens (tertiary/aromatic N) is 1. The van der Waals surface area contributed by atoms with E-state index in [1.165, 1.54) is 44.5 Å². The first-order chi connectivity index (χ1) is 19.9. The Kier molecular flexibility index (Phi) is 5.82. The summed E-state index contributed by atoms with van der Waals surface area (Å²) in [6.45, 7) is 4.00. The van der Waals surface area contributed by atoms with Crippen LogP contribution in [0.2, 0.25) is 0 Å². The van der Waals surface area contributed by atoms with E-state index in [0.717, 1.165) is 21.9 Å². The van der Waals surface area contributed by atoms with E-state index >= 15 is 0 Å². The van der Waals surface area contributed by atoms with E-state index in [9.17, 15) is 0 Å². The van der Waals surface area contributed by atoms with Crippen molar-refractivity contribution in [2.75, 3.05) is 0 Å². The number of rotatable bonds is 3. The zero-order valence-electron chi connectivity index (χ0n) is 22.6. The Morgan fingerprint density at radius 1 is 0.525 bits per heavy atom. The number of fused-ring (bicyclic) bond motifs is 6. The first-order valence-electron chi connectivity index (χ1n) is 14.0. The first kappa shape index (κ1) is 24.1. The third kappa shape index (κ3) is 3.39. The molecule has 1 aliphatic rings. The summed E-state index contributed by atoms with van der Waals surface area (Å²) in [5, 5.41) is 2.29. The number of benzene rings is 5. The highest BCUT2D eigenvalue weighted by atomic mass is 16.3. The van der Waals surface area contributed by atoms with Gasteiger partial charge in [-0.05, 0) is 74.8 Å². The Morgan fingerprint density at radius 3 is 2.02 bits per heavy atom. The zero-order valence-corrected chi connectivity index (χ0v) is 22.6. The van der Waals surface area contributed by atoms with E-state index in [1.807, 2.05) is 38.4 Å². The molecule has 0 radical (unpaired) electrons. The molecule has 0 fully saturated rings. The van der Waals surface area contributed by atoms with Gasteiger partial charge in [-0.15, -0.1) is 0 Å². The molecule has 2 heterocycles. The monoisotopic (exact) mass is 515 g/mol. The van der Waals surface area contributed by atoms with Crippen LogP contribution in [0.5, 0.6) is 0 Å². The standard InChI is InChI=1S/C36H23NO.C2H6/c1-2-9-25(10-3-1)36(26-19-21-37-22-20-26)31-14-6-4-12-29(31)35-27(13-8-15-32(35)36)24-17-18-34-30(23-24)28-11-5-7-16-33(28)38-34;1-2/h1-23H;1-2H3. The van der Waals surface area contributed by atoms with Gasteiger partial charge in [0.2, 0.25) is 0 Å². The van der Waals surface area contributed by atoms with Crippen molar-refractivity contribution >= 4 is 21.9 Å². The van der Waals surface area contributed by atoms with Crippen molar-refractivity contribution in [1.82, 2.24) is 4.98 Å². The summed E-state index contributed by atoms with van der Waals surface area (Å²) >= 11 is 0. The summed E-state index contributed by atoms with van der Waals surface area (Å²) in [4.78, 5) is 4.36. The summed E-state index contributed by atoms with van der Waals surface area (Å²) in [6.07, 6.45) is 3.81. The highest BCUT2D eigenvalue weighted by molar-refractivity contribution is 6.07. The molecule has 1 unspecified atom stereocenters. The lowest BCUT2D eigenvalue weighted by molar-refractivity contribution is 0.669. The minimum atomic E-state index is -0.432. The lowest BCUT2D eigenvalue weighted by atomic mass is 9.68. The number of pyridine rings is 1. The van der Waals surface area contributed by atoms with Gasteiger partial charge in [0.15, 0.2) is 0 Å². The Bertz CT molecular complexity index is 1930. The molecular formula is C38H29NO. The molecule has 192 valence electrons. The van der Waals surface area contributed by atoms with Crippen LogP contribution in [0.1, 0.15) is 36.1 Å². The van der Waals surface area contributed by atoms with Gasteiger partial charge in [-0.2, -0.15) is 0 Å². The minimum Gasteiger partial charge on any atom is -0.456 e. The fraction of sp³-hybridized carbons (Fsp3) is 0.0789. The van der Waals surface area contributed by atoms with Crippen LogP contribution in [-0.4, -0.2) is 4.98 Å². The lowest BCUT2D eigenvalue weighted by Crippen LogP contribution is -2.28. The smallest absolute Gasteiger partial charge is 0.135 e. The van der Waals surface area contributed by atoms with E-state index in [2.05, 4.69) is 120 Å². The SMILES string of the molecule is CC.c1ccc(C2(c3ccncc3)c3ccccc3-c3c(-c4ccc5oc6ccccc6c5c4)cccc32)cc1. The molecule has 2 aromatic heterocycles. The summed E-state index contributed by atoms with van der Waals surface area (Å²) in [7, 11) is 0. The molecule has 0 saturated carbocycles. The maximum absolute atomic E-state index is 6.14. The van der Waals surface area contributed by atoms with E-state index in [4.69, 9.17) is 4.42 Å². The number of para-hydroxylation sites is 1. The van der Waals surface area contributed by atoms with Gasteiger partial charge in [0, 0.05) is 23.2 Å². The predicted molar refractivity (Wildman–Crippen MR) is 166 cm³/mol. The topological polar surface area (TPSA) is 26.0 Å². The second kappa shape index (κ2) is 9.66. The fourth-order valence-corrected chi connectivity index (χ4v) is 6.54. The molecule has 0 amide bonds. The van der Waals surface area contributed by atoms with Gasteiger partial charge in [0.25, 0.3) is 0 Å². The highest BCUT2D eigenvalue weighted by Crippen LogP contribution is 2.58. The largest absolute Gasteiger partial charge is 0.456 e. The van der Waals surface area contributed by atoms with Gasteiger partial charge in [-0.3, -0.25) is 4.98 Å². The van der Waals surface area contributed by atoms with Crippen LogP contribution >= 0.6 is 0 Å². The van der Waals surface area contributed by atoms with E-state index in [1.54, 1.807) is 0 Å². The molecule has 0 bridgehead atoms. The van der Waals surface area contributed by atoms with Crippen molar-refractivity contribution in [1.29, 1.82) is 0 Å². The van der Waals surface area contributed by atoms with Crippen molar-refractivity contribution < 1.29 is 4.42 Å². The van der Waals surface area contributed by atoms with Crippen molar-refractivity contribution in [2.45, 2.75) is 19.3 Å². The Balaban J connectivity index is 0.00000130. The molecule has 2 heteroatoms. The maximum Gasteiger partial charge on any atom is 0.135 e. The second-order valence-electron chi connectivity index (χ2n) is 9.93. The van der Waals surface area contributed by atoms with Crippen LogP contribution in [0.25, 0.3) is 44.2 Å². The molecular weight excluding hydrogens is 486 g/mol. The summed E-state index contributed by atoms with van der Waals surface area (Å²) in [5.74, 6) is 0. The fourth-order valence-electron chi connectivity index (χ4n) is 6.54. The van der Waals surface area contributed by atoms with Gasteiger partial charge >= 0.3 is 0 Å². The Morgan fingerprint density at radius 2 is 1.18 bits per heavy atom.